The molecule has 4 aromatic rings. The highest BCUT2D eigenvalue weighted by Gasteiger charge is 2.26. The number of hydrogen-bond acceptors (Lipinski definition) is 8. The molecule has 10 heteroatoms. The van der Waals surface area contributed by atoms with Gasteiger partial charge in [0.25, 0.3) is 5.91 Å². The zero-order chi connectivity index (χ0) is 27.2. The van der Waals surface area contributed by atoms with E-state index >= 15 is 0 Å². The molecule has 2 aromatic heterocycles. The van der Waals surface area contributed by atoms with Crippen molar-refractivity contribution in [2.45, 2.75) is 31.6 Å². The normalized spacial score (nSPS) is 13.7. The third kappa shape index (κ3) is 6.40. The zero-order valence-corrected chi connectivity index (χ0v) is 22.3. The van der Waals surface area contributed by atoms with Crippen LogP contribution in [0, 0.1) is 0 Å². The standard InChI is InChI=1S/C29H28N4O5S/c1-37-23-7-5-19(6-8-23)25(34)9-10-27(35)33-13-11-20(12-14-33)29-32-24(17-39-29)28(36)31-22-4-2-3-21(15-22)26-16-30-18-38-26/h2-8,15-18,20H,9-14H2,1H3,(H,31,36). The molecular formula is C29H28N4O5S. The van der Waals surface area contributed by atoms with E-state index in [1.54, 1.807) is 43.0 Å². The van der Waals surface area contributed by atoms with Gasteiger partial charge in [-0.3, -0.25) is 14.4 Å². The Bertz CT molecular complexity index is 1440. The van der Waals surface area contributed by atoms with E-state index in [1.807, 2.05) is 29.2 Å². The maximum Gasteiger partial charge on any atom is 0.275 e. The molecule has 2 aromatic carbocycles. The van der Waals surface area contributed by atoms with Gasteiger partial charge in [-0.2, -0.15) is 0 Å². The van der Waals surface area contributed by atoms with Gasteiger partial charge in [0.2, 0.25) is 5.91 Å². The number of ether oxygens (including phenoxy) is 1. The van der Waals surface area contributed by atoms with Crippen molar-refractivity contribution in [2.75, 3.05) is 25.5 Å². The first-order valence-corrected chi connectivity index (χ1v) is 13.6. The van der Waals surface area contributed by atoms with E-state index < -0.39 is 0 Å². The molecule has 5 rings (SSSR count). The predicted molar refractivity (Wildman–Crippen MR) is 147 cm³/mol. The van der Waals surface area contributed by atoms with Crippen LogP contribution in [0.5, 0.6) is 5.75 Å². The number of anilines is 1. The first-order chi connectivity index (χ1) is 19.0. The van der Waals surface area contributed by atoms with Gasteiger partial charge >= 0.3 is 0 Å². The van der Waals surface area contributed by atoms with Gasteiger partial charge in [-0.1, -0.05) is 12.1 Å². The van der Waals surface area contributed by atoms with Crippen molar-refractivity contribution in [2.24, 2.45) is 0 Å². The number of hydrogen-bond donors (Lipinski definition) is 1. The smallest absolute Gasteiger partial charge is 0.275 e. The lowest BCUT2D eigenvalue weighted by Gasteiger charge is -2.31. The number of thiazole rings is 1. The van der Waals surface area contributed by atoms with Crippen LogP contribution in [-0.2, 0) is 4.79 Å². The molecule has 0 saturated carbocycles. The molecule has 0 aliphatic carbocycles. The van der Waals surface area contributed by atoms with Crippen molar-refractivity contribution in [3.05, 3.63) is 82.8 Å². The van der Waals surface area contributed by atoms with Crippen LogP contribution in [0.4, 0.5) is 5.69 Å². The Hall–Kier alpha value is -4.31. The van der Waals surface area contributed by atoms with Crippen molar-refractivity contribution in [3.63, 3.8) is 0 Å². The van der Waals surface area contributed by atoms with Crippen molar-refractivity contribution >= 4 is 34.6 Å². The summed E-state index contributed by atoms with van der Waals surface area (Å²) in [6.45, 7) is 1.21. The molecule has 0 spiro atoms. The maximum absolute atomic E-state index is 12.8. The molecule has 200 valence electrons. The number of methoxy groups -OCH3 is 1. The van der Waals surface area contributed by atoms with Gasteiger partial charge in [-0.15, -0.1) is 11.3 Å². The Morgan fingerprint density at radius 2 is 1.90 bits per heavy atom. The average molecular weight is 545 g/mol. The molecule has 9 nitrogen and oxygen atoms in total. The summed E-state index contributed by atoms with van der Waals surface area (Å²) in [7, 11) is 1.58. The van der Waals surface area contributed by atoms with Crippen molar-refractivity contribution in [1.82, 2.24) is 14.9 Å². The second kappa shape index (κ2) is 12.0. The monoisotopic (exact) mass is 544 g/mol. The van der Waals surface area contributed by atoms with Crippen molar-refractivity contribution in [1.29, 1.82) is 0 Å². The second-order valence-corrected chi connectivity index (χ2v) is 10.2. The molecule has 1 aliphatic heterocycles. The number of likely N-dealkylation sites (tertiary alicyclic amines) is 1. The van der Waals surface area contributed by atoms with Gasteiger partial charge in [-0.25, -0.2) is 9.97 Å². The number of aromatic nitrogens is 2. The minimum atomic E-state index is -0.277. The first-order valence-electron chi connectivity index (χ1n) is 12.7. The molecule has 3 heterocycles. The maximum atomic E-state index is 12.8. The summed E-state index contributed by atoms with van der Waals surface area (Å²) in [6, 6.07) is 14.3. The molecule has 0 bridgehead atoms. The van der Waals surface area contributed by atoms with Crippen molar-refractivity contribution in [3.8, 4) is 17.1 Å². The number of Topliss-reactive ketones (excluding diaryl/α,β-unsaturated/α-hetero) is 1. The SMILES string of the molecule is COc1ccc(C(=O)CCC(=O)N2CCC(c3nc(C(=O)Nc4cccc(-c5cnco5)c4)cs3)CC2)cc1. The molecule has 0 atom stereocenters. The summed E-state index contributed by atoms with van der Waals surface area (Å²) in [4.78, 5) is 48.3. The molecular weight excluding hydrogens is 516 g/mol. The number of ketones is 1. The number of rotatable bonds is 9. The van der Waals surface area contributed by atoms with E-state index in [-0.39, 0.29) is 36.4 Å². The lowest BCUT2D eigenvalue weighted by atomic mass is 9.97. The number of oxazole rings is 1. The summed E-state index contributed by atoms with van der Waals surface area (Å²) in [5.41, 5.74) is 2.40. The van der Waals surface area contributed by atoms with E-state index in [9.17, 15) is 14.4 Å². The number of nitrogens with zero attached hydrogens (tertiary/aromatic N) is 3. The minimum Gasteiger partial charge on any atom is -0.497 e. The van der Waals surface area contributed by atoms with Crippen LogP contribution in [0.2, 0.25) is 0 Å². The predicted octanol–water partition coefficient (Wildman–Crippen LogP) is 5.43. The number of amides is 2. The summed E-state index contributed by atoms with van der Waals surface area (Å²) in [6.07, 6.45) is 4.89. The number of carbonyl (C=O) groups is 3. The average Bonchev–Trinajstić information content (AvgIpc) is 3.69. The van der Waals surface area contributed by atoms with Crippen molar-refractivity contribution < 1.29 is 23.5 Å². The van der Waals surface area contributed by atoms with Gasteiger partial charge in [0.1, 0.15) is 11.4 Å². The Labute approximate surface area is 229 Å². The number of piperidine rings is 1. The van der Waals surface area contributed by atoms with E-state index in [2.05, 4.69) is 15.3 Å². The Kier molecular flexibility index (Phi) is 8.12. The molecule has 1 fully saturated rings. The first kappa shape index (κ1) is 26.3. The summed E-state index contributed by atoms with van der Waals surface area (Å²) in [5.74, 6) is 1.15. The van der Waals surface area contributed by atoms with Crippen LogP contribution in [0.3, 0.4) is 0 Å². The van der Waals surface area contributed by atoms with E-state index in [0.717, 1.165) is 23.4 Å². The van der Waals surface area contributed by atoms with Crippen LogP contribution in [0.25, 0.3) is 11.3 Å². The lowest BCUT2D eigenvalue weighted by Crippen LogP contribution is -2.38. The fraction of sp³-hybridized carbons (Fsp3) is 0.276. The summed E-state index contributed by atoms with van der Waals surface area (Å²) >= 11 is 1.47. The Balaban J connectivity index is 1.10. The third-order valence-electron chi connectivity index (χ3n) is 6.77. The number of carbonyl (C=O) groups excluding carboxylic acids is 3. The van der Waals surface area contributed by atoms with Crippen LogP contribution in [-0.4, -0.2) is 52.7 Å². The zero-order valence-electron chi connectivity index (χ0n) is 21.5. The second-order valence-electron chi connectivity index (χ2n) is 9.28. The van der Waals surface area contributed by atoms with E-state index in [1.165, 1.54) is 17.7 Å². The molecule has 1 aliphatic rings. The fourth-order valence-electron chi connectivity index (χ4n) is 4.56. The van der Waals surface area contributed by atoms with Gasteiger partial charge in [0, 0.05) is 54.0 Å². The molecule has 1 N–H and O–H groups in total. The largest absolute Gasteiger partial charge is 0.497 e. The van der Waals surface area contributed by atoms with Gasteiger partial charge in [-0.05, 0) is 49.2 Å². The van der Waals surface area contributed by atoms with Gasteiger partial charge in [0.15, 0.2) is 17.9 Å². The van der Waals surface area contributed by atoms with Crippen LogP contribution in [0.1, 0.15) is 57.5 Å². The number of benzene rings is 2. The quantitative estimate of drug-likeness (QED) is 0.280. The van der Waals surface area contributed by atoms with Crippen LogP contribution in [0.15, 0.2) is 70.9 Å². The fourth-order valence-corrected chi connectivity index (χ4v) is 5.53. The molecule has 0 radical (unpaired) electrons. The molecule has 2 amide bonds. The molecule has 0 unspecified atom stereocenters. The topological polar surface area (TPSA) is 115 Å². The highest BCUT2D eigenvalue weighted by atomic mass is 32.1. The Morgan fingerprint density at radius 3 is 2.62 bits per heavy atom. The molecule has 39 heavy (non-hydrogen) atoms. The van der Waals surface area contributed by atoms with Crippen LogP contribution >= 0.6 is 11.3 Å². The van der Waals surface area contributed by atoms with Crippen LogP contribution < -0.4 is 10.1 Å². The molecule has 1 saturated heterocycles. The highest BCUT2D eigenvalue weighted by molar-refractivity contribution is 7.10. The lowest BCUT2D eigenvalue weighted by molar-refractivity contribution is -0.132. The van der Waals surface area contributed by atoms with E-state index in [0.29, 0.717) is 41.5 Å². The third-order valence-corrected chi connectivity index (χ3v) is 7.77. The van der Waals surface area contributed by atoms with E-state index in [4.69, 9.17) is 9.15 Å². The highest BCUT2D eigenvalue weighted by Crippen LogP contribution is 2.31. The minimum absolute atomic E-state index is 0.0120. The number of nitrogens with one attached hydrogen (secondary N) is 1. The Morgan fingerprint density at radius 1 is 1.10 bits per heavy atom. The van der Waals surface area contributed by atoms with Gasteiger partial charge < -0.3 is 19.4 Å². The summed E-state index contributed by atoms with van der Waals surface area (Å²) in [5, 5.41) is 5.57. The summed E-state index contributed by atoms with van der Waals surface area (Å²) < 4.78 is 10.4. The van der Waals surface area contributed by atoms with Gasteiger partial charge in [0.05, 0.1) is 18.3 Å².